The molecular weight excluding hydrogens is 379 g/mol. The molecule has 4 rings (SSSR count). The second-order valence-corrected chi connectivity index (χ2v) is 7.74. The van der Waals surface area contributed by atoms with Crippen LogP contribution in [0.25, 0.3) is 0 Å². The van der Waals surface area contributed by atoms with Crippen molar-refractivity contribution in [1.29, 1.82) is 0 Å². The summed E-state index contributed by atoms with van der Waals surface area (Å²) < 4.78 is 39.8. The van der Waals surface area contributed by atoms with Gasteiger partial charge in [0.05, 0.1) is 17.3 Å². The minimum Gasteiger partial charge on any atom is -0.319 e. The van der Waals surface area contributed by atoms with Crippen LogP contribution in [0.2, 0.25) is 0 Å². The predicted molar refractivity (Wildman–Crippen MR) is 106 cm³/mol. The molecular formula is C22H24F3N3O. The maximum Gasteiger partial charge on any atom is 0.418 e. The fraction of sp³-hybridized carbons (Fsp3) is 0.409. The monoisotopic (exact) mass is 403 g/mol. The molecule has 0 radical (unpaired) electrons. The zero-order valence-corrected chi connectivity index (χ0v) is 16.0. The van der Waals surface area contributed by atoms with E-state index < -0.39 is 17.8 Å². The van der Waals surface area contributed by atoms with Crippen molar-refractivity contribution < 1.29 is 18.0 Å². The molecule has 1 saturated heterocycles. The lowest BCUT2D eigenvalue weighted by Gasteiger charge is -2.41. The number of benzene rings is 2. The van der Waals surface area contributed by atoms with E-state index in [4.69, 9.17) is 0 Å². The highest BCUT2D eigenvalue weighted by Gasteiger charge is 2.38. The van der Waals surface area contributed by atoms with Gasteiger partial charge in [0, 0.05) is 25.7 Å². The Morgan fingerprint density at radius 1 is 1.00 bits per heavy atom. The van der Waals surface area contributed by atoms with E-state index in [1.54, 1.807) is 4.90 Å². The molecule has 2 aliphatic rings. The highest BCUT2D eigenvalue weighted by atomic mass is 19.4. The van der Waals surface area contributed by atoms with Gasteiger partial charge in [-0.2, -0.15) is 13.2 Å². The summed E-state index contributed by atoms with van der Waals surface area (Å²) in [7, 11) is 0. The first-order valence-corrected chi connectivity index (χ1v) is 9.93. The number of hydrogen-bond donors (Lipinski definition) is 1. The number of amides is 2. The molecule has 154 valence electrons. The quantitative estimate of drug-likeness (QED) is 0.808. The molecule has 0 bridgehead atoms. The van der Waals surface area contributed by atoms with Crippen LogP contribution < -0.4 is 5.32 Å². The number of piperazine rings is 1. The smallest absolute Gasteiger partial charge is 0.319 e. The number of carbonyl (C=O) groups is 1. The zero-order valence-electron chi connectivity index (χ0n) is 16.0. The number of nitrogens with one attached hydrogen (secondary N) is 1. The summed E-state index contributed by atoms with van der Waals surface area (Å²) in [4.78, 5) is 17.1. The summed E-state index contributed by atoms with van der Waals surface area (Å²) in [5, 5.41) is 2.51. The lowest BCUT2D eigenvalue weighted by molar-refractivity contribution is -0.136. The number of urea groups is 1. The van der Waals surface area contributed by atoms with Crippen molar-refractivity contribution in [2.45, 2.75) is 37.5 Å². The maximum atomic E-state index is 13.3. The standard InChI is InChI=1S/C22H24F3N3O/c23-22(24,25)19-8-4-5-9-20(19)26-21(29)28-13-12-27(17-10-11-17)15-18(28)14-16-6-2-1-3-7-16/h1-9,17-18H,10-15H2,(H,26,29). The molecule has 1 atom stereocenters. The first-order valence-electron chi connectivity index (χ1n) is 9.93. The van der Waals surface area contributed by atoms with E-state index in [0.717, 1.165) is 24.7 Å². The van der Waals surface area contributed by atoms with E-state index in [2.05, 4.69) is 10.2 Å². The van der Waals surface area contributed by atoms with E-state index in [1.807, 2.05) is 30.3 Å². The van der Waals surface area contributed by atoms with Crippen molar-refractivity contribution in [1.82, 2.24) is 9.80 Å². The van der Waals surface area contributed by atoms with Crippen LogP contribution in [0.4, 0.5) is 23.7 Å². The van der Waals surface area contributed by atoms with Crippen LogP contribution in [0.1, 0.15) is 24.0 Å². The third-order valence-corrected chi connectivity index (χ3v) is 5.63. The SMILES string of the molecule is O=C(Nc1ccccc1C(F)(F)F)N1CCN(C2CC2)CC1Cc1ccccc1. The summed E-state index contributed by atoms with van der Waals surface area (Å²) in [6, 6.07) is 15.0. The minimum absolute atomic E-state index is 0.0789. The van der Waals surface area contributed by atoms with E-state index in [0.29, 0.717) is 19.0 Å². The second-order valence-electron chi connectivity index (χ2n) is 7.74. The average molecular weight is 403 g/mol. The first kappa shape index (κ1) is 19.8. The molecule has 2 aromatic rings. The summed E-state index contributed by atoms with van der Waals surface area (Å²) in [6.07, 6.45) is -1.47. The van der Waals surface area contributed by atoms with E-state index in [9.17, 15) is 18.0 Å². The van der Waals surface area contributed by atoms with E-state index in [1.165, 1.54) is 31.0 Å². The van der Waals surface area contributed by atoms with Crippen LogP contribution in [0.5, 0.6) is 0 Å². The van der Waals surface area contributed by atoms with Crippen LogP contribution in [-0.2, 0) is 12.6 Å². The number of nitrogens with zero attached hydrogens (tertiary/aromatic N) is 2. The van der Waals surface area contributed by atoms with Gasteiger partial charge in [-0.25, -0.2) is 4.79 Å². The summed E-state index contributed by atoms with van der Waals surface area (Å²) in [5.74, 6) is 0. The number of anilines is 1. The van der Waals surface area contributed by atoms with Crippen LogP contribution in [0.3, 0.4) is 0 Å². The van der Waals surface area contributed by atoms with Crippen molar-refractivity contribution in [3.8, 4) is 0 Å². The van der Waals surface area contributed by atoms with Gasteiger partial charge in [-0.15, -0.1) is 0 Å². The summed E-state index contributed by atoms with van der Waals surface area (Å²) >= 11 is 0. The van der Waals surface area contributed by atoms with Gasteiger partial charge in [-0.05, 0) is 37.0 Å². The number of para-hydroxylation sites is 1. The lowest BCUT2D eigenvalue weighted by Crippen LogP contribution is -2.57. The fourth-order valence-electron chi connectivity index (χ4n) is 4.01. The highest BCUT2D eigenvalue weighted by molar-refractivity contribution is 5.90. The third kappa shape index (κ3) is 4.72. The Hall–Kier alpha value is -2.54. The van der Waals surface area contributed by atoms with E-state index >= 15 is 0 Å². The van der Waals surface area contributed by atoms with Crippen molar-refractivity contribution >= 4 is 11.7 Å². The van der Waals surface area contributed by atoms with E-state index in [-0.39, 0.29) is 11.7 Å². The molecule has 2 amide bonds. The number of alkyl halides is 3. The molecule has 2 aromatic carbocycles. The third-order valence-electron chi connectivity index (χ3n) is 5.63. The number of carbonyl (C=O) groups excluding carboxylic acids is 1. The molecule has 7 heteroatoms. The number of hydrogen-bond acceptors (Lipinski definition) is 2. The van der Waals surface area contributed by atoms with Gasteiger partial charge in [0.2, 0.25) is 0 Å². The highest BCUT2D eigenvalue weighted by Crippen LogP contribution is 2.35. The Bertz CT molecular complexity index is 852. The van der Waals surface area contributed by atoms with Gasteiger partial charge in [0.25, 0.3) is 0 Å². The van der Waals surface area contributed by atoms with Crippen molar-refractivity contribution in [3.05, 3.63) is 65.7 Å². The molecule has 1 saturated carbocycles. The Morgan fingerprint density at radius 3 is 2.38 bits per heavy atom. The maximum absolute atomic E-state index is 13.3. The molecule has 0 aromatic heterocycles. The van der Waals surface area contributed by atoms with Crippen LogP contribution in [0, 0.1) is 0 Å². The largest absolute Gasteiger partial charge is 0.418 e. The average Bonchev–Trinajstić information content (AvgIpc) is 3.53. The van der Waals surface area contributed by atoms with Crippen molar-refractivity contribution in [3.63, 3.8) is 0 Å². The van der Waals surface area contributed by atoms with Gasteiger partial charge in [-0.3, -0.25) is 4.90 Å². The molecule has 1 N–H and O–H groups in total. The second kappa shape index (κ2) is 8.06. The Labute approximate surface area is 168 Å². The van der Waals surface area contributed by atoms with Crippen molar-refractivity contribution in [2.24, 2.45) is 0 Å². The van der Waals surface area contributed by atoms with Crippen LogP contribution >= 0.6 is 0 Å². The molecule has 2 fully saturated rings. The minimum atomic E-state index is -4.52. The number of rotatable bonds is 4. The van der Waals surface area contributed by atoms with Gasteiger partial charge in [-0.1, -0.05) is 42.5 Å². The molecule has 4 nitrogen and oxygen atoms in total. The number of halogens is 3. The lowest BCUT2D eigenvalue weighted by atomic mass is 10.0. The summed E-state index contributed by atoms with van der Waals surface area (Å²) in [5.41, 5.74) is 0.0845. The van der Waals surface area contributed by atoms with Gasteiger partial charge >= 0.3 is 12.2 Å². The topological polar surface area (TPSA) is 35.6 Å². The molecule has 29 heavy (non-hydrogen) atoms. The van der Waals surface area contributed by atoms with Gasteiger partial charge in [0.15, 0.2) is 0 Å². The molecule has 1 aliphatic heterocycles. The first-order chi connectivity index (χ1) is 13.9. The van der Waals surface area contributed by atoms with Crippen LogP contribution in [0.15, 0.2) is 54.6 Å². The predicted octanol–water partition coefficient (Wildman–Crippen LogP) is 4.63. The molecule has 0 spiro atoms. The summed E-state index contributed by atoms with van der Waals surface area (Å²) in [6.45, 7) is 2.01. The zero-order chi connectivity index (χ0) is 20.4. The molecule has 1 heterocycles. The molecule has 1 aliphatic carbocycles. The molecule has 1 unspecified atom stereocenters. The Kier molecular flexibility index (Phi) is 5.50. The van der Waals surface area contributed by atoms with Crippen molar-refractivity contribution in [2.75, 3.05) is 25.0 Å². The normalized spacial score (nSPS) is 20.5. The van der Waals surface area contributed by atoms with Crippen LogP contribution in [-0.4, -0.2) is 47.5 Å². The van der Waals surface area contributed by atoms with Gasteiger partial charge < -0.3 is 10.2 Å². The fourth-order valence-corrected chi connectivity index (χ4v) is 4.01. The Balaban J connectivity index is 1.52. The van der Waals surface area contributed by atoms with Gasteiger partial charge in [0.1, 0.15) is 0 Å². The Morgan fingerprint density at radius 2 is 1.69 bits per heavy atom.